The fourth-order valence-corrected chi connectivity index (χ4v) is 2.43. The lowest BCUT2D eigenvalue weighted by Gasteiger charge is -2.27. The van der Waals surface area contributed by atoms with Gasteiger partial charge in [0.1, 0.15) is 6.61 Å². The summed E-state index contributed by atoms with van der Waals surface area (Å²) in [6, 6.07) is 9.09. The second kappa shape index (κ2) is 5.35. The number of carbonyl (C=O) groups excluding carboxylic acids is 1. The van der Waals surface area contributed by atoms with Gasteiger partial charge < -0.3 is 14.7 Å². The van der Waals surface area contributed by atoms with Crippen molar-refractivity contribution in [3.63, 3.8) is 0 Å². The highest BCUT2D eigenvalue weighted by Gasteiger charge is 2.60. The molecule has 1 fully saturated rings. The lowest BCUT2D eigenvalue weighted by atomic mass is 9.79. The van der Waals surface area contributed by atoms with Crippen LogP contribution in [0.1, 0.15) is 19.4 Å². The smallest absolute Gasteiger partial charge is 0.410 e. The predicted molar refractivity (Wildman–Crippen MR) is 73.5 cm³/mol. The molecule has 1 aliphatic heterocycles. The third-order valence-electron chi connectivity index (χ3n) is 3.87. The number of carboxylic acid groups (broad SMARTS) is 1. The van der Waals surface area contributed by atoms with E-state index in [0.717, 1.165) is 10.5 Å². The van der Waals surface area contributed by atoms with Gasteiger partial charge in [0.05, 0.1) is 6.54 Å². The van der Waals surface area contributed by atoms with Crippen molar-refractivity contribution >= 4 is 12.1 Å². The molecule has 0 bridgehead atoms. The average molecular weight is 295 g/mol. The molecule has 0 aromatic heterocycles. The van der Waals surface area contributed by atoms with E-state index in [1.165, 1.54) is 13.8 Å². The molecule has 1 unspecified atom stereocenters. The zero-order chi connectivity index (χ0) is 15.7. The van der Waals surface area contributed by atoms with Crippen molar-refractivity contribution in [3.05, 3.63) is 35.9 Å². The highest BCUT2D eigenvalue weighted by molar-refractivity contribution is 5.81. The number of rotatable bonds is 3. The molecule has 1 amide bonds. The monoisotopic (exact) mass is 295 g/mol. The molecule has 1 atom stereocenters. The molecule has 1 N–H and O–H groups in total. The SMILES string of the molecule is CC1(C)CN(C(=O)OCc2ccccc2)CC1(F)C(=O)O. The minimum atomic E-state index is -2.46. The standard InChI is InChI=1S/C15H18FNO4/c1-14(2)9-17(10-15(14,16)12(18)19)13(20)21-8-11-6-4-3-5-7-11/h3-7H,8-10H2,1-2H3,(H,18,19). The first-order valence-corrected chi connectivity index (χ1v) is 6.64. The van der Waals surface area contributed by atoms with Crippen molar-refractivity contribution in [1.82, 2.24) is 4.90 Å². The van der Waals surface area contributed by atoms with Gasteiger partial charge in [0.25, 0.3) is 0 Å². The van der Waals surface area contributed by atoms with E-state index in [0.29, 0.717) is 0 Å². The van der Waals surface area contributed by atoms with E-state index < -0.39 is 29.7 Å². The van der Waals surface area contributed by atoms with Crippen molar-refractivity contribution in [3.8, 4) is 0 Å². The Hall–Kier alpha value is -2.11. The molecule has 0 aliphatic carbocycles. The Morgan fingerprint density at radius 1 is 1.29 bits per heavy atom. The summed E-state index contributed by atoms with van der Waals surface area (Å²) in [4.78, 5) is 24.2. The average Bonchev–Trinajstić information content (AvgIpc) is 2.69. The van der Waals surface area contributed by atoms with E-state index in [1.54, 1.807) is 12.1 Å². The van der Waals surface area contributed by atoms with Crippen LogP contribution >= 0.6 is 0 Å². The number of ether oxygens (including phenoxy) is 1. The number of hydrogen-bond donors (Lipinski definition) is 1. The number of halogens is 1. The van der Waals surface area contributed by atoms with Crippen LogP contribution in [-0.4, -0.2) is 40.8 Å². The molecule has 1 heterocycles. The number of nitrogens with zero attached hydrogens (tertiary/aromatic N) is 1. The number of amides is 1. The molecule has 0 radical (unpaired) electrons. The van der Waals surface area contributed by atoms with Crippen molar-refractivity contribution in [1.29, 1.82) is 0 Å². The van der Waals surface area contributed by atoms with Gasteiger partial charge in [0.2, 0.25) is 5.67 Å². The quantitative estimate of drug-likeness (QED) is 0.930. The molecule has 6 heteroatoms. The van der Waals surface area contributed by atoms with Gasteiger partial charge in [-0.15, -0.1) is 0 Å². The van der Waals surface area contributed by atoms with Gasteiger partial charge in [0, 0.05) is 12.0 Å². The molecule has 21 heavy (non-hydrogen) atoms. The third kappa shape index (κ3) is 2.84. The van der Waals surface area contributed by atoms with Crippen LogP contribution in [-0.2, 0) is 16.1 Å². The van der Waals surface area contributed by atoms with Gasteiger partial charge in [-0.25, -0.2) is 14.0 Å². The molecule has 1 aromatic rings. The molecule has 0 saturated carbocycles. The summed E-state index contributed by atoms with van der Waals surface area (Å²) in [6.45, 7) is 2.56. The highest BCUT2D eigenvalue weighted by atomic mass is 19.1. The van der Waals surface area contributed by atoms with Crippen LogP contribution < -0.4 is 0 Å². The number of likely N-dealkylation sites (tertiary alicyclic amines) is 1. The van der Waals surface area contributed by atoms with E-state index in [4.69, 9.17) is 9.84 Å². The number of hydrogen-bond acceptors (Lipinski definition) is 3. The Bertz CT molecular complexity index is 546. The number of carboxylic acids is 1. The summed E-state index contributed by atoms with van der Waals surface area (Å²) >= 11 is 0. The molecule has 0 spiro atoms. The topological polar surface area (TPSA) is 66.8 Å². The predicted octanol–water partition coefficient (Wildman–Crippen LogP) is 2.46. The van der Waals surface area contributed by atoms with Crippen LogP contribution in [0.25, 0.3) is 0 Å². The largest absolute Gasteiger partial charge is 0.479 e. The Labute approximate surface area is 122 Å². The molecule has 2 rings (SSSR count). The molecule has 1 aliphatic rings. The minimum absolute atomic E-state index is 0.00340. The first-order chi connectivity index (χ1) is 9.76. The molecular weight excluding hydrogens is 277 g/mol. The maximum absolute atomic E-state index is 14.5. The zero-order valence-electron chi connectivity index (χ0n) is 12.0. The third-order valence-corrected chi connectivity index (χ3v) is 3.87. The molecular formula is C15H18FNO4. The van der Waals surface area contributed by atoms with E-state index in [9.17, 15) is 14.0 Å². The summed E-state index contributed by atoms with van der Waals surface area (Å²) in [6.07, 6.45) is -0.701. The van der Waals surface area contributed by atoms with E-state index in [2.05, 4.69) is 0 Å². The van der Waals surface area contributed by atoms with Gasteiger partial charge in [-0.05, 0) is 5.56 Å². The first-order valence-electron chi connectivity index (χ1n) is 6.64. The highest BCUT2D eigenvalue weighted by Crippen LogP contribution is 2.42. The van der Waals surface area contributed by atoms with Crippen LogP contribution in [0.4, 0.5) is 9.18 Å². The fraction of sp³-hybridized carbons (Fsp3) is 0.467. The lowest BCUT2D eigenvalue weighted by Crippen LogP contribution is -2.47. The summed E-state index contributed by atoms with van der Waals surface area (Å²) in [7, 11) is 0. The summed E-state index contributed by atoms with van der Waals surface area (Å²) in [5.74, 6) is -1.55. The van der Waals surface area contributed by atoms with E-state index >= 15 is 0 Å². The normalized spacial score (nSPS) is 23.9. The molecule has 114 valence electrons. The maximum atomic E-state index is 14.5. The maximum Gasteiger partial charge on any atom is 0.410 e. The Balaban J connectivity index is 2.00. The second-order valence-corrected chi connectivity index (χ2v) is 5.89. The van der Waals surface area contributed by atoms with Crippen molar-refractivity contribution < 1.29 is 23.8 Å². The van der Waals surface area contributed by atoms with Crippen molar-refractivity contribution in [2.75, 3.05) is 13.1 Å². The van der Waals surface area contributed by atoms with Gasteiger partial charge in [-0.2, -0.15) is 0 Å². The van der Waals surface area contributed by atoms with E-state index in [-0.39, 0.29) is 13.2 Å². The summed E-state index contributed by atoms with van der Waals surface area (Å²) in [5.41, 5.74) is -2.81. The number of alkyl halides is 1. The Kier molecular flexibility index (Phi) is 3.89. The first kappa shape index (κ1) is 15.3. The summed E-state index contributed by atoms with van der Waals surface area (Å²) in [5, 5.41) is 9.06. The Morgan fingerprint density at radius 3 is 2.43 bits per heavy atom. The number of aliphatic carboxylic acids is 1. The van der Waals surface area contributed by atoms with Crippen LogP contribution in [0, 0.1) is 5.41 Å². The minimum Gasteiger partial charge on any atom is -0.479 e. The fourth-order valence-electron chi connectivity index (χ4n) is 2.43. The van der Waals surface area contributed by atoms with Gasteiger partial charge in [0.15, 0.2) is 0 Å². The number of carbonyl (C=O) groups is 2. The lowest BCUT2D eigenvalue weighted by molar-refractivity contribution is -0.155. The van der Waals surface area contributed by atoms with Crippen molar-refractivity contribution in [2.24, 2.45) is 5.41 Å². The second-order valence-electron chi connectivity index (χ2n) is 5.89. The van der Waals surface area contributed by atoms with E-state index in [1.807, 2.05) is 18.2 Å². The zero-order valence-corrected chi connectivity index (χ0v) is 12.0. The Morgan fingerprint density at radius 2 is 1.90 bits per heavy atom. The van der Waals surface area contributed by atoms with Gasteiger partial charge in [-0.3, -0.25) is 0 Å². The molecule has 1 aromatic carbocycles. The van der Waals surface area contributed by atoms with Crippen molar-refractivity contribution in [2.45, 2.75) is 26.1 Å². The van der Waals surface area contributed by atoms with Crippen LogP contribution in [0.2, 0.25) is 0 Å². The van der Waals surface area contributed by atoms with Crippen LogP contribution in [0.15, 0.2) is 30.3 Å². The summed E-state index contributed by atoms with van der Waals surface area (Å²) < 4.78 is 19.6. The van der Waals surface area contributed by atoms with Gasteiger partial charge >= 0.3 is 12.1 Å². The molecule has 1 saturated heterocycles. The molecule has 5 nitrogen and oxygen atoms in total. The van der Waals surface area contributed by atoms with Gasteiger partial charge in [-0.1, -0.05) is 44.2 Å². The number of benzene rings is 1. The van der Waals surface area contributed by atoms with Crippen LogP contribution in [0.5, 0.6) is 0 Å². The van der Waals surface area contributed by atoms with Crippen LogP contribution in [0.3, 0.4) is 0 Å².